The number of carbonyl (C=O) groups excluding carboxylic acids is 1. The number of nitrogens with zero attached hydrogens (tertiary/aromatic N) is 3. The Kier molecular flexibility index (Phi) is 8.53. The summed E-state index contributed by atoms with van der Waals surface area (Å²) in [6.45, 7) is 3.33. The Labute approximate surface area is 264 Å². The van der Waals surface area contributed by atoms with Crippen LogP contribution in [0.2, 0.25) is 0 Å². The minimum Gasteiger partial charge on any atom is -0.492 e. The normalized spacial score (nSPS) is 23.8. The number of thiocarbonyl (C=S) groups is 1. The Morgan fingerprint density at radius 1 is 1.14 bits per heavy atom. The van der Waals surface area contributed by atoms with Gasteiger partial charge in [0, 0.05) is 49.1 Å². The van der Waals surface area contributed by atoms with Gasteiger partial charge in [-0.25, -0.2) is 14.0 Å². The van der Waals surface area contributed by atoms with Crippen molar-refractivity contribution in [2.45, 2.75) is 69.2 Å². The Morgan fingerprint density at radius 3 is 2.55 bits per heavy atom. The predicted octanol–water partition coefficient (Wildman–Crippen LogP) is 4.65. The molecule has 2 aromatic rings. The highest BCUT2D eigenvalue weighted by Crippen LogP contribution is 2.48. The average Bonchev–Trinajstić information content (AvgIpc) is 3.82. The number of aromatic carboxylic acids is 1. The minimum absolute atomic E-state index is 0.00743. The van der Waals surface area contributed by atoms with Crippen LogP contribution in [0.5, 0.6) is 5.75 Å². The molecule has 44 heavy (non-hydrogen) atoms. The fourth-order valence-electron chi connectivity index (χ4n) is 6.93. The summed E-state index contributed by atoms with van der Waals surface area (Å²) in [7, 11) is 2.85. The van der Waals surface area contributed by atoms with Crippen LogP contribution in [0.15, 0.2) is 27.7 Å². The third-order valence-electron chi connectivity index (χ3n) is 9.24. The van der Waals surface area contributed by atoms with Crippen LogP contribution >= 0.6 is 24.0 Å². The van der Waals surface area contributed by atoms with Gasteiger partial charge >= 0.3 is 11.9 Å². The summed E-state index contributed by atoms with van der Waals surface area (Å²) >= 11 is 7.54. The molecule has 2 aliphatic carbocycles. The first-order valence-corrected chi connectivity index (χ1v) is 16.4. The summed E-state index contributed by atoms with van der Waals surface area (Å²) in [5, 5.41) is 14.6. The summed E-state index contributed by atoms with van der Waals surface area (Å²) in [5.74, 6) is -1.93. The second-order valence-electron chi connectivity index (χ2n) is 12.0. The van der Waals surface area contributed by atoms with Crippen molar-refractivity contribution in [1.82, 2.24) is 14.8 Å². The van der Waals surface area contributed by atoms with Gasteiger partial charge in [-0.15, -0.1) is 11.8 Å². The van der Waals surface area contributed by atoms with E-state index in [4.69, 9.17) is 21.7 Å². The summed E-state index contributed by atoms with van der Waals surface area (Å²) < 4.78 is 28.6. The molecule has 10 nitrogen and oxygen atoms in total. The van der Waals surface area contributed by atoms with E-state index in [2.05, 4.69) is 5.32 Å². The highest BCUT2D eigenvalue weighted by molar-refractivity contribution is 8.04. The first-order chi connectivity index (χ1) is 21.1. The number of piperazine rings is 1. The van der Waals surface area contributed by atoms with Crippen LogP contribution in [0.4, 0.5) is 10.1 Å². The highest BCUT2D eigenvalue weighted by Gasteiger charge is 2.41. The number of carboxylic acids is 1. The van der Waals surface area contributed by atoms with Crippen molar-refractivity contribution in [2.75, 3.05) is 38.8 Å². The zero-order chi connectivity index (χ0) is 31.3. The zero-order valence-electron chi connectivity index (χ0n) is 25.1. The molecule has 1 aromatic carbocycles. The van der Waals surface area contributed by atoms with Crippen molar-refractivity contribution < 1.29 is 28.6 Å². The van der Waals surface area contributed by atoms with Gasteiger partial charge in [0.15, 0.2) is 16.7 Å². The molecule has 2 aliphatic heterocycles. The van der Waals surface area contributed by atoms with Crippen molar-refractivity contribution in [3.8, 4) is 5.75 Å². The summed E-state index contributed by atoms with van der Waals surface area (Å²) in [6.07, 6.45) is 8.44. The van der Waals surface area contributed by atoms with E-state index in [-0.39, 0.29) is 46.4 Å². The van der Waals surface area contributed by atoms with Gasteiger partial charge in [-0.2, -0.15) is 0 Å². The van der Waals surface area contributed by atoms with E-state index in [1.807, 2.05) is 16.7 Å². The number of ether oxygens (including phenoxy) is 2. The van der Waals surface area contributed by atoms with E-state index in [9.17, 15) is 19.5 Å². The number of esters is 1. The molecule has 3 heterocycles. The Bertz CT molecular complexity index is 1620. The molecule has 1 aromatic heterocycles. The lowest BCUT2D eigenvalue weighted by Crippen LogP contribution is -2.56. The smallest absolute Gasteiger partial charge is 0.341 e. The maximum absolute atomic E-state index is 15.9. The number of nitrogens with one attached hydrogen (secondary N) is 1. The first-order valence-electron chi connectivity index (χ1n) is 15.1. The van der Waals surface area contributed by atoms with Crippen molar-refractivity contribution in [3.05, 3.63) is 44.5 Å². The van der Waals surface area contributed by atoms with Gasteiger partial charge in [0.1, 0.15) is 11.3 Å². The molecule has 0 radical (unpaired) electrons. The van der Waals surface area contributed by atoms with Crippen molar-refractivity contribution in [2.24, 2.45) is 5.92 Å². The summed E-state index contributed by atoms with van der Waals surface area (Å²) in [5.41, 5.74) is 0.218. The topological polar surface area (TPSA) is 113 Å². The van der Waals surface area contributed by atoms with Crippen LogP contribution < -0.4 is 20.4 Å². The van der Waals surface area contributed by atoms with E-state index < -0.39 is 17.2 Å². The van der Waals surface area contributed by atoms with Gasteiger partial charge in [0.05, 0.1) is 35.7 Å². The quantitative estimate of drug-likeness (QED) is 0.339. The van der Waals surface area contributed by atoms with Crippen LogP contribution in [-0.2, 0) is 9.53 Å². The van der Waals surface area contributed by atoms with Crippen LogP contribution in [0.3, 0.4) is 0 Å². The predicted molar refractivity (Wildman–Crippen MR) is 171 cm³/mol. The lowest BCUT2D eigenvalue weighted by molar-refractivity contribution is -0.136. The number of halogens is 1. The van der Waals surface area contributed by atoms with Crippen LogP contribution in [-0.4, -0.2) is 76.8 Å². The monoisotopic (exact) mass is 644 g/mol. The number of pyridine rings is 1. The number of methoxy groups -OCH3 is 2. The summed E-state index contributed by atoms with van der Waals surface area (Å²) in [4.78, 5) is 41.7. The molecule has 236 valence electrons. The number of carbonyl (C=O) groups is 2. The van der Waals surface area contributed by atoms with E-state index >= 15 is 4.39 Å². The largest absolute Gasteiger partial charge is 0.492 e. The van der Waals surface area contributed by atoms with E-state index in [1.54, 1.807) is 16.3 Å². The Balaban J connectivity index is 1.27. The minimum atomic E-state index is -1.34. The molecule has 0 bridgehead atoms. The number of carboxylic acid groups (broad SMARTS) is 1. The Morgan fingerprint density at radius 2 is 1.89 bits per heavy atom. The van der Waals surface area contributed by atoms with Crippen molar-refractivity contribution in [3.63, 3.8) is 0 Å². The van der Waals surface area contributed by atoms with Crippen LogP contribution in [0.1, 0.15) is 68.3 Å². The molecule has 13 heteroatoms. The number of rotatable bonds is 6. The standard InChI is InChI=1S/C31H37FN4O6S2/c1-16-14-34(11-12-35(16)31(43)33-28-23(30(40)42-3)18-7-5-4-6-8-22(18)44-28)25-21(32)13-19-24(27(25)41-2)36(17-9-10-17)15-20(26(19)37)29(38)39/h13,15-18,22H,4-12,14H2,1-3H3,(H,33,43)(H,38,39)/t16-,18+,22-/m0/s1. The molecular formula is C31H37FN4O6S2. The molecule has 2 N–H and O–H groups in total. The number of hydrogen-bond donors (Lipinski definition) is 2. The molecule has 3 atom stereocenters. The number of benzene rings is 1. The molecule has 0 spiro atoms. The number of hydrogen-bond acceptors (Lipinski definition) is 8. The van der Waals surface area contributed by atoms with Gasteiger partial charge in [0.2, 0.25) is 5.43 Å². The van der Waals surface area contributed by atoms with Gasteiger partial charge in [-0.3, -0.25) is 4.79 Å². The summed E-state index contributed by atoms with van der Waals surface area (Å²) in [6, 6.07) is 1.04. The molecule has 0 unspecified atom stereocenters. The molecule has 0 amide bonds. The third-order valence-corrected chi connectivity index (χ3v) is 11.0. The van der Waals surface area contributed by atoms with Crippen molar-refractivity contribution >= 4 is 57.6 Å². The molecule has 2 saturated carbocycles. The number of thioether (sulfide) groups is 1. The third kappa shape index (κ3) is 5.42. The second kappa shape index (κ2) is 12.2. The number of aromatic nitrogens is 1. The molecule has 6 rings (SSSR count). The highest BCUT2D eigenvalue weighted by atomic mass is 32.2. The fourth-order valence-corrected chi connectivity index (χ4v) is 8.91. The SMILES string of the molecule is COC(=O)C1=C(NC(=S)N2CCN(c3c(F)cc4c(=O)c(C(=O)O)cn(C5CC5)c4c3OC)C[C@@H]2C)S[C@H]2CCCCC[C@@H]12. The molecule has 3 fully saturated rings. The number of fused-ring (bicyclic) bond motifs is 2. The fraction of sp³-hybridized carbons (Fsp3) is 0.548. The van der Waals surface area contributed by atoms with Crippen LogP contribution in [0, 0.1) is 11.7 Å². The lowest BCUT2D eigenvalue weighted by Gasteiger charge is -2.42. The van der Waals surface area contributed by atoms with Gasteiger partial charge in [0.25, 0.3) is 0 Å². The van der Waals surface area contributed by atoms with E-state index in [0.29, 0.717) is 41.1 Å². The number of anilines is 1. The van der Waals surface area contributed by atoms with Gasteiger partial charge in [-0.1, -0.05) is 19.3 Å². The zero-order valence-corrected chi connectivity index (χ0v) is 26.7. The molecule has 1 saturated heterocycles. The maximum atomic E-state index is 15.9. The molecular weight excluding hydrogens is 607 g/mol. The Hall–Kier alpha value is -3.32. The first kappa shape index (κ1) is 30.7. The van der Waals surface area contributed by atoms with E-state index in [1.165, 1.54) is 26.8 Å². The average molecular weight is 645 g/mol. The van der Waals surface area contributed by atoms with E-state index in [0.717, 1.165) is 49.6 Å². The second-order valence-corrected chi connectivity index (χ2v) is 13.6. The van der Waals surface area contributed by atoms with Gasteiger partial charge < -0.3 is 34.3 Å². The van der Waals surface area contributed by atoms with Gasteiger partial charge in [-0.05, 0) is 50.9 Å². The van der Waals surface area contributed by atoms with Crippen LogP contribution in [0.25, 0.3) is 10.9 Å². The lowest BCUT2D eigenvalue weighted by atomic mass is 9.92. The maximum Gasteiger partial charge on any atom is 0.341 e. The molecule has 4 aliphatic rings. The van der Waals surface area contributed by atoms with Crippen molar-refractivity contribution in [1.29, 1.82) is 0 Å².